The number of carboxylic acids is 1. The summed E-state index contributed by atoms with van der Waals surface area (Å²) in [4.78, 5) is 25.7. The van der Waals surface area contributed by atoms with Gasteiger partial charge in [-0.2, -0.15) is 5.10 Å². The molecular weight excluding hydrogens is 356 g/mol. The zero-order valence-electron chi connectivity index (χ0n) is 16.5. The van der Waals surface area contributed by atoms with E-state index < -0.39 is 5.97 Å². The van der Waals surface area contributed by atoms with Crippen LogP contribution in [0.1, 0.15) is 45.6 Å². The summed E-state index contributed by atoms with van der Waals surface area (Å²) in [7, 11) is 0. The number of piperidine rings is 1. The average molecular weight is 384 g/mol. The van der Waals surface area contributed by atoms with Crippen molar-refractivity contribution >= 4 is 11.9 Å². The van der Waals surface area contributed by atoms with Gasteiger partial charge >= 0.3 is 5.97 Å². The van der Waals surface area contributed by atoms with Gasteiger partial charge < -0.3 is 10.4 Å². The molecule has 7 heteroatoms. The number of hydrogen-bond acceptors (Lipinski definition) is 4. The van der Waals surface area contributed by atoms with Crippen LogP contribution in [-0.2, 0) is 17.8 Å². The Balaban J connectivity index is 1.42. The molecule has 3 N–H and O–H groups in total. The number of carbonyl (C=O) groups excluding carboxylic acids is 1. The molecule has 0 bridgehead atoms. The molecule has 0 aliphatic carbocycles. The standard InChI is InChI=1S/C21H28N4O3/c1-14-3-4-15(2)17(9-14)10-19(26)22-11-16-5-7-25(8-6-16)13-18-12-23-24-20(18)21(27)28/h3-4,9,12,16H,5-8,10-11,13H2,1-2H3,(H,22,26)(H,23,24)(H,27,28). The molecule has 2 aromatic rings. The second-order valence-electron chi connectivity index (χ2n) is 7.71. The maximum atomic E-state index is 12.3. The fraction of sp³-hybridized carbons (Fsp3) is 0.476. The number of amides is 1. The Morgan fingerprint density at radius 2 is 2.00 bits per heavy atom. The van der Waals surface area contributed by atoms with Crippen LogP contribution >= 0.6 is 0 Å². The number of nitrogens with zero attached hydrogens (tertiary/aromatic N) is 2. The molecule has 7 nitrogen and oxygen atoms in total. The number of hydrogen-bond donors (Lipinski definition) is 3. The van der Waals surface area contributed by atoms with Crippen LogP contribution in [0.4, 0.5) is 0 Å². The highest BCUT2D eigenvalue weighted by molar-refractivity contribution is 5.86. The van der Waals surface area contributed by atoms with Gasteiger partial charge in [0.2, 0.25) is 5.91 Å². The first-order valence-corrected chi connectivity index (χ1v) is 9.73. The number of benzene rings is 1. The molecule has 1 amide bonds. The van der Waals surface area contributed by atoms with Crippen molar-refractivity contribution in [3.05, 3.63) is 52.3 Å². The molecule has 0 atom stereocenters. The van der Waals surface area contributed by atoms with E-state index in [2.05, 4.69) is 38.6 Å². The number of rotatable bonds is 7. The summed E-state index contributed by atoms with van der Waals surface area (Å²) in [5.41, 5.74) is 4.29. The van der Waals surface area contributed by atoms with E-state index in [4.69, 9.17) is 5.11 Å². The number of H-pyrrole nitrogens is 1. The number of aromatic amines is 1. The van der Waals surface area contributed by atoms with Crippen LogP contribution in [0.3, 0.4) is 0 Å². The molecule has 28 heavy (non-hydrogen) atoms. The molecule has 0 unspecified atom stereocenters. The summed E-state index contributed by atoms with van der Waals surface area (Å²) in [6, 6.07) is 6.20. The van der Waals surface area contributed by atoms with Crippen LogP contribution in [0.15, 0.2) is 24.4 Å². The van der Waals surface area contributed by atoms with Gasteiger partial charge in [0.25, 0.3) is 0 Å². The van der Waals surface area contributed by atoms with E-state index in [1.54, 1.807) is 6.20 Å². The van der Waals surface area contributed by atoms with Crippen molar-refractivity contribution in [1.82, 2.24) is 20.4 Å². The molecule has 150 valence electrons. The lowest BCUT2D eigenvalue weighted by atomic mass is 9.96. The van der Waals surface area contributed by atoms with Crippen molar-refractivity contribution in [3.63, 3.8) is 0 Å². The third kappa shape index (κ3) is 5.19. The van der Waals surface area contributed by atoms with Crippen LogP contribution in [-0.4, -0.2) is 51.7 Å². The zero-order chi connectivity index (χ0) is 20.1. The quantitative estimate of drug-likeness (QED) is 0.680. The van der Waals surface area contributed by atoms with Gasteiger partial charge in [-0.3, -0.25) is 14.8 Å². The van der Waals surface area contributed by atoms with Gasteiger partial charge in [0, 0.05) is 18.7 Å². The highest BCUT2D eigenvalue weighted by atomic mass is 16.4. The Hall–Kier alpha value is -2.67. The largest absolute Gasteiger partial charge is 0.477 e. The first-order chi connectivity index (χ1) is 13.4. The van der Waals surface area contributed by atoms with E-state index >= 15 is 0 Å². The van der Waals surface area contributed by atoms with E-state index in [1.165, 1.54) is 5.56 Å². The lowest BCUT2D eigenvalue weighted by molar-refractivity contribution is -0.120. The van der Waals surface area contributed by atoms with Gasteiger partial charge in [0.05, 0.1) is 12.6 Å². The van der Waals surface area contributed by atoms with Gasteiger partial charge in [-0.1, -0.05) is 23.8 Å². The summed E-state index contributed by atoms with van der Waals surface area (Å²) in [6.45, 7) is 7.14. The van der Waals surface area contributed by atoms with Crippen LogP contribution < -0.4 is 5.32 Å². The predicted octanol–water partition coefficient (Wildman–Crippen LogP) is 2.30. The molecule has 1 saturated heterocycles. The van der Waals surface area contributed by atoms with Crippen molar-refractivity contribution in [2.75, 3.05) is 19.6 Å². The highest BCUT2D eigenvalue weighted by Crippen LogP contribution is 2.19. The summed E-state index contributed by atoms with van der Waals surface area (Å²) >= 11 is 0. The van der Waals surface area contributed by atoms with Gasteiger partial charge in [0.15, 0.2) is 0 Å². The molecule has 1 fully saturated rings. The van der Waals surface area contributed by atoms with E-state index in [0.29, 0.717) is 31.0 Å². The van der Waals surface area contributed by atoms with Crippen LogP contribution in [0.2, 0.25) is 0 Å². The van der Waals surface area contributed by atoms with Gasteiger partial charge in [-0.05, 0) is 56.8 Å². The van der Waals surface area contributed by atoms with Crippen LogP contribution in [0.25, 0.3) is 0 Å². The average Bonchev–Trinajstić information content (AvgIpc) is 3.13. The molecule has 0 radical (unpaired) electrons. The van der Waals surface area contributed by atoms with E-state index in [1.807, 2.05) is 13.8 Å². The van der Waals surface area contributed by atoms with Crippen LogP contribution in [0.5, 0.6) is 0 Å². The smallest absolute Gasteiger partial charge is 0.354 e. The SMILES string of the molecule is Cc1ccc(C)c(CC(=O)NCC2CCN(Cc3cn[nH]c3C(=O)O)CC2)c1. The minimum Gasteiger partial charge on any atom is -0.477 e. The second kappa shape index (κ2) is 9.01. The Morgan fingerprint density at radius 1 is 1.25 bits per heavy atom. The molecule has 2 heterocycles. The minimum absolute atomic E-state index is 0.0700. The number of nitrogens with one attached hydrogen (secondary N) is 2. The third-order valence-electron chi connectivity index (χ3n) is 5.48. The molecule has 1 aromatic heterocycles. The fourth-order valence-corrected chi connectivity index (χ4v) is 3.69. The molecule has 0 saturated carbocycles. The molecule has 1 aliphatic rings. The Morgan fingerprint density at radius 3 is 2.71 bits per heavy atom. The Bertz CT molecular complexity index is 838. The lowest BCUT2D eigenvalue weighted by Gasteiger charge is -2.31. The number of aromatic carboxylic acids is 1. The Labute approximate surface area is 165 Å². The van der Waals surface area contributed by atoms with Gasteiger partial charge in [0.1, 0.15) is 5.69 Å². The summed E-state index contributed by atoms with van der Waals surface area (Å²) < 4.78 is 0. The summed E-state index contributed by atoms with van der Waals surface area (Å²) in [6.07, 6.45) is 3.99. The molecule has 3 rings (SSSR count). The molecule has 1 aromatic carbocycles. The highest BCUT2D eigenvalue weighted by Gasteiger charge is 2.22. The minimum atomic E-state index is -0.978. The lowest BCUT2D eigenvalue weighted by Crippen LogP contribution is -2.38. The molecule has 0 spiro atoms. The number of aryl methyl sites for hydroxylation is 2. The predicted molar refractivity (Wildman–Crippen MR) is 106 cm³/mol. The summed E-state index contributed by atoms with van der Waals surface area (Å²) in [5.74, 6) is -0.448. The Kier molecular flexibility index (Phi) is 6.46. The fourth-order valence-electron chi connectivity index (χ4n) is 3.69. The number of carbonyl (C=O) groups is 2. The topological polar surface area (TPSA) is 98.3 Å². The monoisotopic (exact) mass is 384 g/mol. The number of carboxylic acid groups (broad SMARTS) is 1. The number of aromatic nitrogens is 2. The second-order valence-corrected chi connectivity index (χ2v) is 7.71. The maximum absolute atomic E-state index is 12.3. The molecular formula is C21H28N4O3. The zero-order valence-corrected chi connectivity index (χ0v) is 16.5. The number of likely N-dealkylation sites (tertiary alicyclic amines) is 1. The van der Waals surface area contributed by atoms with Gasteiger partial charge in [-0.25, -0.2) is 4.79 Å². The van der Waals surface area contributed by atoms with Gasteiger partial charge in [-0.15, -0.1) is 0 Å². The molecule has 1 aliphatic heterocycles. The van der Waals surface area contributed by atoms with E-state index in [-0.39, 0.29) is 11.6 Å². The van der Waals surface area contributed by atoms with E-state index in [9.17, 15) is 9.59 Å². The van der Waals surface area contributed by atoms with E-state index in [0.717, 1.165) is 37.1 Å². The van der Waals surface area contributed by atoms with Crippen molar-refractivity contribution in [2.24, 2.45) is 5.92 Å². The van der Waals surface area contributed by atoms with Crippen LogP contribution in [0, 0.1) is 19.8 Å². The summed E-state index contributed by atoms with van der Waals surface area (Å²) in [5, 5.41) is 18.6. The third-order valence-corrected chi connectivity index (χ3v) is 5.48. The van der Waals surface area contributed by atoms with Crippen molar-refractivity contribution in [3.8, 4) is 0 Å². The first kappa shape index (κ1) is 20.1. The first-order valence-electron chi connectivity index (χ1n) is 9.73. The van der Waals surface area contributed by atoms with Crippen molar-refractivity contribution in [2.45, 2.75) is 39.7 Å². The normalized spacial score (nSPS) is 15.5. The van der Waals surface area contributed by atoms with Crippen molar-refractivity contribution in [1.29, 1.82) is 0 Å². The van der Waals surface area contributed by atoms with Crippen molar-refractivity contribution < 1.29 is 14.7 Å². The maximum Gasteiger partial charge on any atom is 0.354 e.